The van der Waals surface area contributed by atoms with Crippen molar-refractivity contribution in [2.45, 2.75) is 53.5 Å². The van der Waals surface area contributed by atoms with E-state index < -0.39 is 0 Å². The van der Waals surface area contributed by atoms with Gasteiger partial charge in [-0.05, 0) is 82.8 Å². The predicted molar refractivity (Wildman–Crippen MR) is 111 cm³/mol. The second kappa shape index (κ2) is 8.76. The molecule has 5 heteroatoms. The van der Waals surface area contributed by atoms with Crippen LogP contribution in [0.2, 0.25) is 0 Å². The van der Waals surface area contributed by atoms with Gasteiger partial charge in [-0.2, -0.15) is 0 Å². The standard InChI is InChI=1S/C21H36N4O/c1-8-25(18-9-11-22-12-10-18)19(26)13-23-20-14(2)16(4)21(24(6)7)17(5)15(20)3/h18,22-23H,8-13H2,1-7H3. The number of benzene rings is 1. The maximum absolute atomic E-state index is 12.8. The first-order valence-corrected chi connectivity index (χ1v) is 9.81. The van der Waals surface area contributed by atoms with E-state index in [1.165, 1.54) is 27.9 Å². The van der Waals surface area contributed by atoms with Gasteiger partial charge in [0, 0.05) is 38.1 Å². The summed E-state index contributed by atoms with van der Waals surface area (Å²) in [5, 5.41) is 6.83. The van der Waals surface area contributed by atoms with Crippen molar-refractivity contribution < 1.29 is 4.79 Å². The zero-order valence-corrected chi connectivity index (χ0v) is 17.6. The summed E-state index contributed by atoms with van der Waals surface area (Å²) in [4.78, 5) is 17.1. The first kappa shape index (κ1) is 20.6. The lowest BCUT2D eigenvalue weighted by Gasteiger charge is -2.34. The quantitative estimate of drug-likeness (QED) is 0.819. The molecule has 0 unspecified atom stereocenters. The molecule has 0 saturated carbocycles. The number of hydrogen-bond donors (Lipinski definition) is 2. The van der Waals surface area contributed by atoms with Crippen LogP contribution in [0, 0.1) is 27.7 Å². The third-order valence-corrected chi connectivity index (χ3v) is 5.86. The first-order chi connectivity index (χ1) is 12.3. The van der Waals surface area contributed by atoms with Crippen LogP contribution in [0.4, 0.5) is 11.4 Å². The van der Waals surface area contributed by atoms with Crippen LogP contribution >= 0.6 is 0 Å². The molecule has 2 rings (SSSR count). The number of hydrogen-bond acceptors (Lipinski definition) is 4. The molecule has 1 aromatic carbocycles. The molecule has 146 valence electrons. The third kappa shape index (κ3) is 4.14. The minimum absolute atomic E-state index is 0.199. The lowest BCUT2D eigenvalue weighted by molar-refractivity contribution is -0.131. The van der Waals surface area contributed by atoms with E-state index >= 15 is 0 Å². The summed E-state index contributed by atoms with van der Waals surface area (Å²) in [6.07, 6.45) is 2.10. The van der Waals surface area contributed by atoms with Gasteiger partial charge in [0.25, 0.3) is 0 Å². The molecule has 1 saturated heterocycles. The van der Waals surface area contributed by atoms with Gasteiger partial charge in [-0.25, -0.2) is 0 Å². The first-order valence-electron chi connectivity index (χ1n) is 9.81. The van der Waals surface area contributed by atoms with Crippen molar-refractivity contribution >= 4 is 17.3 Å². The fourth-order valence-electron chi connectivity index (χ4n) is 4.25. The Morgan fingerprint density at radius 1 is 1.04 bits per heavy atom. The molecule has 0 spiro atoms. The predicted octanol–water partition coefficient (Wildman–Crippen LogP) is 3.00. The molecule has 5 nitrogen and oxygen atoms in total. The molecule has 1 aliphatic heterocycles. The summed E-state index contributed by atoms with van der Waals surface area (Å²) >= 11 is 0. The van der Waals surface area contributed by atoms with Crippen molar-refractivity contribution in [1.82, 2.24) is 10.2 Å². The Balaban J connectivity index is 2.17. The summed E-state index contributed by atoms with van der Waals surface area (Å²) in [5.74, 6) is 0.199. The Bertz CT molecular complexity index is 619. The van der Waals surface area contributed by atoms with Crippen molar-refractivity contribution in [3.05, 3.63) is 22.3 Å². The zero-order chi connectivity index (χ0) is 19.4. The van der Waals surface area contributed by atoms with Crippen molar-refractivity contribution in [3.8, 4) is 0 Å². The van der Waals surface area contributed by atoms with E-state index in [0.29, 0.717) is 12.6 Å². The number of piperidine rings is 1. The van der Waals surface area contributed by atoms with Gasteiger partial charge < -0.3 is 20.4 Å². The number of rotatable bonds is 6. The summed E-state index contributed by atoms with van der Waals surface area (Å²) < 4.78 is 0. The minimum Gasteiger partial charge on any atom is -0.377 e. The van der Waals surface area contributed by atoms with Gasteiger partial charge in [-0.3, -0.25) is 4.79 Å². The Labute approximate surface area is 159 Å². The van der Waals surface area contributed by atoms with Crippen molar-refractivity contribution in [2.75, 3.05) is 50.5 Å². The van der Waals surface area contributed by atoms with Gasteiger partial charge in [-0.1, -0.05) is 0 Å². The van der Waals surface area contributed by atoms with Gasteiger partial charge in [0.2, 0.25) is 5.91 Å². The molecule has 1 heterocycles. The maximum atomic E-state index is 12.8. The van der Waals surface area contributed by atoms with Gasteiger partial charge in [0.1, 0.15) is 0 Å². The molecule has 0 bridgehead atoms. The SMILES string of the molecule is CCN(C(=O)CNc1c(C)c(C)c(N(C)C)c(C)c1C)C1CCNCC1. The summed E-state index contributed by atoms with van der Waals surface area (Å²) in [6, 6.07) is 0.373. The summed E-state index contributed by atoms with van der Waals surface area (Å²) in [5.41, 5.74) is 7.41. The van der Waals surface area contributed by atoms with Gasteiger partial charge in [-0.15, -0.1) is 0 Å². The lowest BCUT2D eigenvalue weighted by atomic mass is 9.95. The Morgan fingerprint density at radius 2 is 1.58 bits per heavy atom. The van der Waals surface area contributed by atoms with Crippen molar-refractivity contribution in [1.29, 1.82) is 0 Å². The van der Waals surface area contributed by atoms with Crippen LogP contribution in [-0.2, 0) is 4.79 Å². The molecule has 1 fully saturated rings. The molecule has 0 aliphatic carbocycles. The highest BCUT2D eigenvalue weighted by Gasteiger charge is 2.24. The highest BCUT2D eigenvalue weighted by Crippen LogP contribution is 2.35. The number of carbonyl (C=O) groups is 1. The lowest BCUT2D eigenvalue weighted by Crippen LogP contribution is -2.47. The third-order valence-electron chi connectivity index (χ3n) is 5.86. The van der Waals surface area contributed by atoms with Crippen LogP contribution in [0.15, 0.2) is 0 Å². The monoisotopic (exact) mass is 360 g/mol. The Hall–Kier alpha value is -1.75. The number of carbonyl (C=O) groups excluding carboxylic acids is 1. The van der Waals surface area contributed by atoms with Crippen LogP contribution in [-0.4, -0.2) is 57.1 Å². The van der Waals surface area contributed by atoms with Crippen LogP contribution in [0.25, 0.3) is 0 Å². The molecule has 1 amide bonds. The zero-order valence-electron chi connectivity index (χ0n) is 17.6. The fraction of sp³-hybridized carbons (Fsp3) is 0.667. The van der Waals surface area contributed by atoms with Gasteiger partial charge >= 0.3 is 0 Å². The second-order valence-electron chi connectivity index (χ2n) is 7.63. The number of anilines is 2. The molecule has 26 heavy (non-hydrogen) atoms. The van der Waals surface area contributed by atoms with Crippen LogP contribution in [0.5, 0.6) is 0 Å². The van der Waals surface area contributed by atoms with E-state index in [4.69, 9.17) is 0 Å². The van der Waals surface area contributed by atoms with E-state index in [0.717, 1.165) is 38.2 Å². The second-order valence-corrected chi connectivity index (χ2v) is 7.63. The largest absolute Gasteiger partial charge is 0.377 e. The molecule has 1 aliphatic rings. The fourth-order valence-corrected chi connectivity index (χ4v) is 4.25. The minimum atomic E-state index is 0.199. The van der Waals surface area contributed by atoms with E-state index in [9.17, 15) is 4.79 Å². The summed E-state index contributed by atoms with van der Waals surface area (Å²) in [6.45, 7) is 13.8. The van der Waals surface area contributed by atoms with Gasteiger partial charge in [0.05, 0.1) is 6.54 Å². The smallest absolute Gasteiger partial charge is 0.242 e. The van der Waals surface area contributed by atoms with E-state index in [1.807, 2.05) is 4.90 Å². The average Bonchev–Trinajstić information content (AvgIpc) is 2.61. The summed E-state index contributed by atoms with van der Waals surface area (Å²) in [7, 11) is 4.17. The molecule has 0 aromatic heterocycles. The Morgan fingerprint density at radius 3 is 2.04 bits per heavy atom. The number of nitrogens with one attached hydrogen (secondary N) is 2. The van der Waals surface area contributed by atoms with E-state index in [-0.39, 0.29) is 5.91 Å². The highest BCUT2D eigenvalue weighted by molar-refractivity contribution is 5.83. The van der Waals surface area contributed by atoms with Gasteiger partial charge in [0.15, 0.2) is 0 Å². The number of nitrogens with zero attached hydrogens (tertiary/aromatic N) is 2. The van der Waals surface area contributed by atoms with Crippen LogP contribution < -0.4 is 15.5 Å². The van der Waals surface area contributed by atoms with Crippen LogP contribution in [0.1, 0.15) is 42.0 Å². The molecule has 1 aromatic rings. The normalized spacial score (nSPS) is 15.0. The Kier molecular flexibility index (Phi) is 6.93. The van der Waals surface area contributed by atoms with E-state index in [1.54, 1.807) is 0 Å². The van der Waals surface area contributed by atoms with Crippen molar-refractivity contribution in [3.63, 3.8) is 0 Å². The van der Waals surface area contributed by atoms with Crippen LogP contribution in [0.3, 0.4) is 0 Å². The maximum Gasteiger partial charge on any atom is 0.242 e. The molecule has 0 atom stereocenters. The molecule has 2 N–H and O–H groups in total. The van der Waals surface area contributed by atoms with Crippen molar-refractivity contribution in [2.24, 2.45) is 0 Å². The molecule has 0 radical (unpaired) electrons. The number of likely N-dealkylation sites (N-methyl/N-ethyl adjacent to an activating group) is 1. The molecular formula is C21H36N4O. The molecular weight excluding hydrogens is 324 g/mol. The average molecular weight is 361 g/mol. The highest BCUT2D eigenvalue weighted by atomic mass is 16.2. The number of amides is 1. The van der Waals surface area contributed by atoms with E-state index in [2.05, 4.69) is 64.2 Å². The topological polar surface area (TPSA) is 47.6 Å².